The maximum Gasteiger partial charge on any atom is 0.213 e. The fourth-order valence-electron chi connectivity index (χ4n) is 3.84. The number of pyridine rings is 1. The monoisotopic (exact) mass is 434 g/mol. The van der Waals surface area contributed by atoms with E-state index in [-0.39, 0.29) is 17.6 Å². The third-order valence-electron chi connectivity index (χ3n) is 5.71. The molecule has 8 heteroatoms. The predicted octanol–water partition coefficient (Wildman–Crippen LogP) is 2.60. The first-order valence-electron chi connectivity index (χ1n) is 10.5. The van der Waals surface area contributed by atoms with E-state index in [9.17, 15) is 12.8 Å². The molecule has 1 fully saturated rings. The van der Waals surface area contributed by atoms with Gasteiger partial charge in [0.05, 0.1) is 17.5 Å². The number of nitrogens with zero attached hydrogens (tertiary/aromatic N) is 4. The smallest absolute Gasteiger partial charge is 0.213 e. The zero-order valence-corrected chi connectivity index (χ0v) is 18.6. The molecule has 0 amide bonds. The minimum absolute atomic E-state index is 0.0948. The average molecular weight is 435 g/mol. The molecule has 1 unspecified atom stereocenters. The SMILES string of the molecule is CCN(C)S(=O)(=O)CCCN1CCN(C(c2ccccc2)c2cc(F)ccn2)CC1. The van der Waals surface area contributed by atoms with Crippen LogP contribution >= 0.6 is 0 Å². The Morgan fingerprint density at radius 1 is 1.13 bits per heavy atom. The van der Waals surface area contributed by atoms with Gasteiger partial charge in [-0.05, 0) is 30.7 Å². The van der Waals surface area contributed by atoms with Crippen LogP contribution in [0.5, 0.6) is 0 Å². The standard InChI is InChI=1S/C22H31FN4O2S/c1-3-25(2)30(28,29)17-7-12-26-13-15-27(16-14-26)22(19-8-5-4-6-9-19)21-18-20(23)10-11-24-21/h4-6,8-11,18,22H,3,7,12-17H2,1-2H3. The van der Waals surface area contributed by atoms with Crippen LogP contribution in [0.25, 0.3) is 0 Å². The second-order valence-electron chi connectivity index (χ2n) is 7.67. The highest BCUT2D eigenvalue weighted by Crippen LogP contribution is 2.28. The average Bonchev–Trinajstić information content (AvgIpc) is 2.75. The topological polar surface area (TPSA) is 56.8 Å². The summed E-state index contributed by atoms with van der Waals surface area (Å²) in [5.74, 6) is -0.102. The Morgan fingerprint density at radius 3 is 2.47 bits per heavy atom. The van der Waals surface area contributed by atoms with Gasteiger partial charge in [0, 0.05) is 46.0 Å². The summed E-state index contributed by atoms with van der Waals surface area (Å²) >= 11 is 0. The molecule has 0 bridgehead atoms. The highest BCUT2D eigenvalue weighted by Gasteiger charge is 2.27. The molecule has 3 rings (SSSR count). The second kappa shape index (κ2) is 10.4. The Bertz CT molecular complexity index is 902. The molecule has 1 aromatic carbocycles. The number of aromatic nitrogens is 1. The molecule has 1 atom stereocenters. The van der Waals surface area contributed by atoms with E-state index in [0.717, 1.165) is 38.3 Å². The molecule has 1 aromatic heterocycles. The van der Waals surface area contributed by atoms with Gasteiger partial charge in [-0.15, -0.1) is 0 Å². The van der Waals surface area contributed by atoms with Crippen molar-refractivity contribution in [2.75, 3.05) is 52.1 Å². The molecule has 1 aliphatic heterocycles. The van der Waals surface area contributed by atoms with Crippen LogP contribution in [0, 0.1) is 5.82 Å². The van der Waals surface area contributed by atoms with Crippen LogP contribution in [0.1, 0.15) is 30.6 Å². The van der Waals surface area contributed by atoms with Gasteiger partial charge >= 0.3 is 0 Å². The molecule has 6 nitrogen and oxygen atoms in total. The van der Waals surface area contributed by atoms with Crippen molar-refractivity contribution in [3.63, 3.8) is 0 Å². The van der Waals surface area contributed by atoms with Crippen molar-refractivity contribution >= 4 is 10.0 Å². The first-order chi connectivity index (χ1) is 14.4. The summed E-state index contributed by atoms with van der Waals surface area (Å²) in [5, 5.41) is 0. The van der Waals surface area contributed by atoms with Crippen LogP contribution in [0.15, 0.2) is 48.7 Å². The number of halogens is 1. The number of hydrogen-bond donors (Lipinski definition) is 0. The molecule has 2 aromatic rings. The molecule has 0 spiro atoms. The zero-order chi connectivity index (χ0) is 21.6. The predicted molar refractivity (Wildman–Crippen MR) is 117 cm³/mol. The zero-order valence-electron chi connectivity index (χ0n) is 17.7. The Kier molecular flexibility index (Phi) is 7.93. The maximum atomic E-state index is 13.9. The van der Waals surface area contributed by atoms with Crippen LogP contribution in [-0.2, 0) is 10.0 Å². The van der Waals surface area contributed by atoms with Crippen LogP contribution in [-0.4, -0.2) is 79.6 Å². The summed E-state index contributed by atoms with van der Waals surface area (Å²) < 4.78 is 39.6. The third-order valence-corrected chi connectivity index (χ3v) is 7.72. The molecular weight excluding hydrogens is 403 g/mol. The lowest BCUT2D eigenvalue weighted by molar-refractivity contribution is 0.108. The normalized spacial score (nSPS) is 17.3. The minimum atomic E-state index is -3.16. The molecule has 2 heterocycles. The maximum absolute atomic E-state index is 13.9. The Hall–Kier alpha value is -1.87. The Balaban J connectivity index is 1.61. The van der Waals surface area contributed by atoms with E-state index in [4.69, 9.17) is 0 Å². The lowest BCUT2D eigenvalue weighted by Gasteiger charge is -2.39. The van der Waals surface area contributed by atoms with Gasteiger partial charge in [-0.3, -0.25) is 9.88 Å². The van der Waals surface area contributed by atoms with Gasteiger partial charge in [0.1, 0.15) is 5.82 Å². The lowest BCUT2D eigenvalue weighted by atomic mass is 10.0. The fourth-order valence-corrected chi connectivity index (χ4v) is 5.04. The van der Waals surface area contributed by atoms with E-state index in [1.807, 2.05) is 25.1 Å². The summed E-state index contributed by atoms with van der Waals surface area (Å²) in [6.07, 6.45) is 2.14. The first kappa shape index (κ1) is 22.8. The summed E-state index contributed by atoms with van der Waals surface area (Å²) in [6.45, 7) is 6.44. The number of piperazine rings is 1. The summed E-state index contributed by atoms with van der Waals surface area (Å²) in [5.41, 5.74) is 1.81. The van der Waals surface area contributed by atoms with Crippen LogP contribution in [0.3, 0.4) is 0 Å². The number of sulfonamides is 1. The summed E-state index contributed by atoms with van der Waals surface area (Å²) in [4.78, 5) is 9.08. The van der Waals surface area contributed by atoms with Crippen molar-refractivity contribution in [1.82, 2.24) is 19.1 Å². The fraction of sp³-hybridized carbons (Fsp3) is 0.500. The molecular formula is C22H31FN4O2S. The highest BCUT2D eigenvalue weighted by molar-refractivity contribution is 7.89. The number of rotatable bonds is 9. The molecule has 0 aliphatic carbocycles. The van der Waals surface area contributed by atoms with Crippen molar-refractivity contribution in [3.05, 3.63) is 65.7 Å². The van der Waals surface area contributed by atoms with E-state index >= 15 is 0 Å². The van der Waals surface area contributed by atoms with E-state index in [0.29, 0.717) is 18.7 Å². The third kappa shape index (κ3) is 5.85. The van der Waals surface area contributed by atoms with E-state index in [1.165, 1.54) is 22.6 Å². The molecule has 164 valence electrons. The van der Waals surface area contributed by atoms with Crippen molar-refractivity contribution < 1.29 is 12.8 Å². The van der Waals surface area contributed by atoms with Crippen molar-refractivity contribution in [1.29, 1.82) is 0 Å². The van der Waals surface area contributed by atoms with Gasteiger partial charge in [-0.25, -0.2) is 17.1 Å². The molecule has 1 saturated heterocycles. The van der Waals surface area contributed by atoms with Gasteiger partial charge in [0.25, 0.3) is 0 Å². The van der Waals surface area contributed by atoms with Crippen LogP contribution < -0.4 is 0 Å². The first-order valence-corrected chi connectivity index (χ1v) is 12.1. The molecule has 0 N–H and O–H groups in total. The van der Waals surface area contributed by atoms with E-state index in [1.54, 1.807) is 7.05 Å². The van der Waals surface area contributed by atoms with Gasteiger partial charge in [-0.1, -0.05) is 37.3 Å². The second-order valence-corrected chi connectivity index (χ2v) is 9.87. The van der Waals surface area contributed by atoms with Gasteiger partial charge in [0.2, 0.25) is 10.0 Å². The van der Waals surface area contributed by atoms with E-state index in [2.05, 4.69) is 26.9 Å². The molecule has 0 radical (unpaired) electrons. The summed E-state index contributed by atoms with van der Waals surface area (Å²) in [7, 11) is -1.54. The van der Waals surface area contributed by atoms with Crippen molar-refractivity contribution in [2.45, 2.75) is 19.4 Å². The van der Waals surface area contributed by atoms with Gasteiger partial charge in [-0.2, -0.15) is 0 Å². The highest BCUT2D eigenvalue weighted by atomic mass is 32.2. The number of benzene rings is 1. The molecule has 1 aliphatic rings. The lowest BCUT2D eigenvalue weighted by Crippen LogP contribution is -2.48. The minimum Gasteiger partial charge on any atom is -0.301 e. The van der Waals surface area contributed by atoms with Crippen molar-refractivity contribution in [3.8, 4) is 0 Å². The van der Waals surface area contributed by atoms with Gasteiger partial charge in [0.15, 0.2) is 0 Å². The summed E-state index contributed by atoms with van der Waals surface area (Å²) in [6, 6.07) is 12.9. The van der Waals surface area contributed by atoms with Crippen LogP contribution in [0.4, 0.5) is 4.39 Å². The van der Waals surface area contributed by atoms with Crippen molar-refractivity contribution in [2.24, 2.45) is 0 Å². The largest absolute Gasteiger partial charge is 0.301 e. The van der Waals surface area contributed by atoms with E-state index < -0.39 is 10.0 Å². The Labute approximate surface area is 179 Å². The van der Waals surface area contributed by atoms with Gasteiger partial charge < -0.3 is 4.90 Å². The number of hydrogen-bond acceptors (Lipinski definition) is 5. The molecule has 0 saturated carbocycles. The quantitative estimate of drug-likeness (QED) is 0.607. The van der Waals surface area contributed by atoms with Crippen LogP contribution in [0.2, 0.25) is 0 Å². The Morgan fingerprint density at radius 2 is 1.83 bits per heavy atom. The molecule has 30 heavy (non-hydrogen) atoms.